The molecule has 0 saturated heterocycles. The van der Waals surface area contributed by atoms with Crippen molar-refractivity contribution in [3.8, 4) is 16.9 Å². The van der Waals surface area contributed by atoms with Crippen LogP contribution in [0.2, 0.25) is 5.32 Å². The summed E-state index contributed by atoms with van der Waals surface area (Å²) in [5.41, 5.74) is 3.36. The molecule has 0 saturated carbocycles. The summed E-state index contributed by atoms with van der Waals surface area (Å²) in [4.78, 5) is 4.77. The van der Waals surface area contributed by atoms with Gasteiger partial charge in [-0.05, 0) is 0 Å². The first-order chi connectivity index (χ1) is 12.2. The van der Waals surface area contributed by atoms with Gasteiger partial charge in [0.2, 0.25) is 0 Å². The third-order valence-corrected chi connectivity index (χ3v) is 6.00. The third kappa shape index (κ3) is 4.39. The van der Waals surface area contributed by atoms with E-state index in [9.17, 15) is 0 Å². The molecule has 0 aliphatic heterocycles. The van der Waals surface area contributed by atoms with E-state index in [1.165, 1.54) is 11.1 Å². The Balaban J connectivity index is 1.80. The standard InChI is InChI=1S/C20H21NO3Se/c1-22-17-8-4-14(5-9-17)15-6-10-18-16(12-15)7-11-19(21-18)25-13-20(23-2)24-3/h4-12,20H,13H2,1-3H3. The van der Waals surface area contributed by atoms with E-state index in [0.717, 1.165) is 26.6 Å². The van der Waals surface area contributed by atoms with E-state index in [1.54, 1.807) is 21.3 Å². The van der Waals surface area contributed by atoms with E-state index in [0.29, 0.717) is 0 Å². The topological polar surface area (TPSA) is 40.6 Å². The van der Waals surface area contributed by atoms with Crippen molar-refractivity contribution < 1.29 is 14.2 Å². The molecule has 0 spiro atoms. The fourth-order valence-electron chi connectivity index (χ4n) is 2.54. The molecule has 0 N–H and O–H groups in total. The number of pyridine rings is 1. The summed E-state index contributed by atoms with van der Waals surface area (Å²) in [6, 6.07) is 18.7. The van der Waals surface area contributed by atoms with Crippen molar-refractivity contribution in [1.82, 2.24) is 4.98 Å². The predicted molar refractivity (Wildman–Crippen MR) is 102 cm³/mol. The molecule has 0 aliphatic rings. The zero-order valence-electron chi connectivity index (χ0n) is 14.6. The van der Waals surface area contributed by atoms with Crippen molar-refractivity contribution in [2.24, 2.45) is 0 Å². The second-order valence-corrected chi connectivity index (χ2v) is 7.68. The van der Waals surface area contributed by atoms with Gasteiger partial charge in [0.25, 0.3) is 0 Å². The molecule has 0 unspecified atom stereocenters. The van der Waals surface area contributed by atoms with Crippen LogP contribution in [-0.4, -0.2) is 47.6 Å². The van der Waals surface area contributed by atoms with Crippen molar-refractivity contribution in [3.05, 3.63) is 54.6 Å². The maximum atomic E-state index is 5.25. The van der Waals surface area contributed by atoms with E-state index in [-0.39, 0.29) is 21.2 Å². The molecule has 5 heteroatoms. The number of ether oxygens (including phenoxy) is 3. The molecular formula is C20H21NO3Se. The Kier molecular flexibility index (Phi) is 6.05. The zero-order chi connectivity index (χ0) is 17.6. The Morgan fingerprint density at radius 2 is 1.60 bits per heavy atom. The molecule has 0 bridgehead atoms. The van der Waals surface area contributed by atoms with Crippen LogP contribution in [-0.2, 0) is 9.47 Å². The second kappa shape index (κ2) is 8.45. The summed E-state index contributed by atoms with van der Waals surface area (Å²) in [6.07, 6.45) is -0.157. The number of hydrogen-bond acceptors (Lipinski definition) is 4. The first kappa shape index (κ1) is 17.9. The number of aromatic nitrogens is 1. The van der Waals surface area contributed by atoms with E-state index in [4.69, 9.17) is 19.2 Å². The van der Waals surface area contributed by atoms with Crippen molar-refractivity contribution in [2.45, 2.75) is 11.6 Å². The minimum absolute atomic E-state index is 0.157. The zero-order valence-corrected chi connectivity index (χ0v) is 16.3. The van der Waals surface area contributed by atoms with Crippen LogP contribution in [0.3, 0.4) is 0 Å². The first-order valence-electron chi connectivity index (χ1n) is 7.97. The molecular weight excluding hydrogens is 381 g/mol. The monoisotopic (exact) mass is 403 g/mol. The van der Waals surface area contributed by atoms with Gasteiger partial charge in [-0.2, -0.15) is 0 Å². The fourth-order valence-corrected chi connectivity index (χ4v) is 4.44. The van der Waals surface area contributed by atoms with Gasteiger partial charge in [0.1, 0.15) is 0 Å². The van der Waals surface area contributed by atoms with Crippen LogP contribution in [0, 0.1) is 0 Å². The van der Waals surface area contributed by atoms with E-state index >= 15 is 0 Å². The first-order valence-corrected chi connectivity index (χ1v) is 10.0. The molecule has 2 aromatic carbocycles. The van der Waals surface area contributed by atoms with Gasteiger partial charge in [-0.15, -0.1) is 0 Å². The molecule has 0 atom stereocenters. The molecule has 1 heterocycles. The van der Waals surface area contributed by atoms with E-state index in [2.05, 4.69) is 42.5 Å². The van der Waals surface area contributed by atoms with Crippen molar-refractivity contribution >= 4 is 30.5 Å². The summed E-state index contributed by atoms with van der Waals surface area (Å²) in [5.74, 6) is 0.864. The quantitative estimate of drug-likeness (QED) is 0.449. The summed E-state index contributed by atoms with van der Waals surface area (Å²) in [6.45, 7) is 0. The van der Waals surface area contributed by atoms with Gasteiger partial charge in [-0.25, -0.2) is 0 Å². The van der Waals surface area contributed by atoms with Gasteiger partial charge < -0.3 is 0 Å². The molecule has 130 valence electrons. The molecule has 1 aromatic heterocycles. The summed E-state index contributed by atoms with van der Waals surface area (Å²) < 4.78 is 16.8. The number of hydrogen-bond donors (Lipinski definition) is 0. The maximum absolute atomic E-state index is 5.25. The molecule has 25 heavy (non-hydrogen) atoms. The van der Waals surface area contributed by atoms with Crippen molar-refractivity contribution in [2.75, 3.05) is 21.3 Å². The van der Waals surface area contributed by atoms with Crippen LogP contribution >= 0.6 is 0 Å². The normalized spacial score (nSPS) is 11.2. The summed E-state index contributed by atoms with van der Waals surface area (Å²) in [7, 11) is 5.01. The van der Waals surface area contributed by atoms with Crippen LogP contribution < -0.4 is 9.33 Å². The Bertz CT molecular complexity index is 832. The number of methoxy groups -OCH3 is 3. The van der Waals surface area contributed by atoms with Gasteiger partial charge in [0.05, 0.1) is 0 Å². The third-order valence-electron chi connectivity index (χ3n) is 3.98. The average molecular weight is 402 g/mol. The molecule has 3 aromatic rings. The van der Waals surface area contributed by atoms with Crippen LogP contribution in [0.25, 0.3) is 22.0 Å². The van der Waals surface area contributed by atoms with Crippen LogP contribution in [0.5, 0.6) is 5.75 Å². The summed E-state index contributed by atoms with van der Waals surface area (Å²) in [5, 5.41) is 1.99. The van der Waals surface area contributed by atoms with E-state index < -0.39 is 0 Å². The number of benzene rings is 2. The van der Waals surface area contributed by atoms with Crippen LogP contribution in [0.1, 0.15) is 0 Å². The molecule has 0 radical (unpaired) electrons. The molecule has 3 rings (SSSR count). The number of nitrogens with zero attached hydrogens (tertiary/aromatic N) is 1. The SMILES string of the molecule is COc1ccc(-c2ccc3nc([Se]CC(OC)OC)ccc3c2)cc1. The summed E-state index contributed by atoms with van der Waals surface area (Å²) >= 11 is 0.222. The van der Waals surface area contributed by atoms with Gasteiger partial charge in [0, 0.05) is 0 Å². The number of fused-ring (bicyclic) bond motifs is 1. The molecule has 0 aliphatic carbocycles. The van der Waals surface area contributed by atoms with Crippen LogP contribution in [0.15, 0.2) is 54.6 Å². The van der Waals surface area contributed by atoms with Crippen molar-refractivity contribution in [3.63, 3.8) is 0 Å². The Hall–Kier alpha value is -1.91. The van der Waals surface area contributed by atoms with Gasteiger partial charge >= 0.3 is 154 Å². The predicted octanol–water partition coefficient (Wildman–Crippen LogP) is 3.28. The molecule has 0 fully saturated rings. The Morgan fingerprint density at radius 1 is 0.880 bits per heavy atom. The van der Waals surface area contributed by atoms with Gasteiger partial charge in [0.15, 0.2) is 0 Å². The Labute approximate surface area is 154 Å². The second-order valence-electron chi connectivity index (χ2n) is 5.50. The number of rotatable bonds is 7. The fraction of sp³-hybridized carbons (Fsp3) is 0.250. The van der Waals surface area contributed by atoms with Crippen molar-refractivity contribution in [1.29, 1.82) is 0 Å². The van der Waals surface area contributed by atoms with Gasteiger partial charge in [-0.3, -0.25) is 0 Å². The molecule has 4 nitrogen and oxygen atoms in total. The Morgan fingerprint density at radius 3 is 2.28 bits per heavy atom. The van der Waals surface area contributed by atoms with Gasteiger partial charge in [-0.1, -0.05) is 0 Å². The molecule has 0 amide bonds. The average Bonchev–Trinajstić information content (AvgIpc) is 2.68. The van der Waals surface area contributed by atoms with E-state index in [1.807, 2.05) is 12.1 Å². The van der Waals surface area contributed by atoms with Crippen LogP contribution in [0.4, 0.5) is 0 Å². The minimum atomic E-state index is -0.157.